The number of rotatable bonds is 8. The number of aryl methyl sites for hydroxylation is 1. The van der Waals surface area contributed by atoms with E-state index in [4.69, 9.17) is 14.5 Å². The number of anilines is 1. The summed E-state index contributed by atoms with van der Waals surface area (Å²) < 4.78 is 12.0. The van der Waals surface area contributed by atoms with Crippen molar-refractivity contribution in [3.05, 3.63) is 47.5 Å². The van der Waals surface area contributed by atoms with Gasteiger partial charge in [0.15, 0.2) is 5.13 Å². The lowest BCUT2D eigenvalue weighted by molar-refractivity contribution is 0.0985. The second kappa shape index (κ2) is 10.6. The van der Waals surface area contributed by atoms with E-state index in [9.17, 15) is 4.79 Å². The van der Waals surface area contributed by atoms with Gasteiger partial charge in [-0.2, -0.15) is 0 Å². The number of halogens is 1. The first-order valence-corrected chi connectivity index (χ1v) is 10.4. The Morgan fingerprint density at radius 1 is 1.10 bits per heavy atom. The third-order valence-corrected chi connectivity index (χ3v) is 5.78. The van der Waals surface area contributed by atoms with Crippen LogP contribution in [0.5, 0.6) is 11.5 Å². The quantitative estimate of drug-likeness (QED) is 0.501. The molecule has 0 radical (unpaired) electrons. The van der Waals surface area contributed by atoms with E-state index in [0.717, 1.165) is 28.1 Å². The molecule has 0 spiro atoms. The van der Waals surface area contributed by atoms with Crippen LogP contribution in [0, 0.1) is 6.92 Å². The average Bonchev–Trinajstić information content (AvgIpc) is 3.15. The van der Waals surface area contributed by atoms with Crippen LogP contribution in [0.1, 0.15) is 22.8 Å². The molecule has 8 heteroatoms. The first-order valence-electron chi connectivity index (χ1n) is 9.58. The number of carbonyl (C=O) groups is 1. The van der Waals surface area contributed by atoms with Crippen molar-refractivity contribution in [1.29, 1.82) is 0 Å². The number of likely N-dealkylation sites (N-methyl/N-ethyl adjacent to an activating group) is 1. The highest BCUT2D eigenvalue weighted by atomic mass is 35.5. The molecular weight excluding hydrogens is 422 g/mol. The van der Waals surface area contributed by atoms with Gasteiger partial charge >= 0.3 is 0 Å². The second-order valence-corrected chi connectivity index (χ2v) is 7.95. The first-order chi connectivity index (χ1) is 13.9. The fourth-order valence-corrected chi connectivity index (χ4v) is 4.05. The van der Waals surface area contributed by atoms with Crippen molar-refractivity contribution >= 4 is 45.0 Å². The molecule has 30 heavy (non-hydrogen) atoms. The number of fused-ring (bicyclic) bond motifs is 1. The molecule has 0 saturated carbocycles. The van der Waals surface area contributed by atoms with Crippen molar-refractivity contribution in [1.82, 2.24) is 9.88 Å². The highest BCUT2D eigenvalue weighted by Crippen LogP contribution is 2.36. The average molecular weight is 450 g/mol. The Kier molecular flexibility index (Phi) is 8.46. The Labute approximate surface area is 187 Å². The van der Waals surface area contributed by atoms with E-state index in [1.807, 2.05) is 52.2 Å². The number of hydrogen-bond acceptors (Lipinski definition) is 6. The summed E-state index contributed by atoms with van der Waals surface area (Å²) in [5, 5.41) is 0.674. The van der Waals surface area contributed by atoms with Crippen LogP contribution in [0.15, 0.2) is 36.4 Å². The number of hydrogen-bond donors (Lipinski definition) is 0. The number of amides is 1. The first kappa shape index (κ1) is 23.9. The summed E-state index contributed by atoms with van der Waals surface area (Å²) in [6.07, 6.45) is 0. The molecule has 0 aliphatic heterocycles. The Bertz CT molecular complexity index is 989. The van der Waals surface area contributed by atoms with Gasteiger partial charge in [-0.1, -0.05) is 17.4 Å². The molecule has 0 N–H and O–H groups in total. The van der Waals surface area contributed by atoms with E-state index in [-0.39, 0.29) is 18.3 Å². The SMILES string of the molecule is CCOc1ccc(C(=O)N(CCN(C)C)c2nc3c(OC)ccc(C)c3s2)cc1.Cl. The van der Waals surface area contributed by atoms with Crippen LogP contribution in [0.4, 0.5) is 5.13 Å². The predicted octanol–water partition coefficient (Wildman–Crippen LogP) is 4.64. The normalized spacial score (nSPS) is 10.7. The predicted molar refractivity (Wildman–Crippen MR) is 126 cm³/mol. The smallest absolute Gasteiger partial charge is 0.260 e. The molecule has 0 aliphatic rings. The lowest BCUT2D eigenvalue weighted by Gasteiger charge is -2.22. The number of carbonyl (C=O) groups excluding carboxylic acids is 1. The van der Waals surface area contributed by atoms with E-state index >= 15 is 0 Å². The van der Waals surface area contributed by atoms with Crippen molar-refractivity contribution in [2.24, 2.45) is 0 Å². The molecule has 6 nitrogen and oxygen atoms in total. The number of aromatic nitrogens is 1. The van der Waals surface area contributed by atoms with E-state index in [2.05, 4.69) is 4.90 Å². The maximum atomic E-state index is 13.3. The van der Waals surface area contributed by atoms with E-state index in [1.165, 1.54) is 11.3 Å². The highest BCUT2D eigenvalue weighted by molar-refractivity contribution is 7.22. The summed E-state index contributed by atoms with van der Waals surface area (Å²) in [5.41, 5.74) is 2.52. The highest BCUT2D eigenvalue weighted by Gasteiger charge is 2.23. The van der Waals surface area contributed by atoms with Crippen molar-refractivity contribution in [3.8, 4) is 11.5 Å². The Hall–Kier alpha value is -2.35. The number of nitrogens with zero attached hydrogens (tertiary/aromatic N) is 3. The summed E-state index contributed by atoms with van der Waals surface area (Å²) in [4.78, 5) is 21.9. The molecule has 0 atom stereocenters. The molecule has 1 amide bonds. The maximum absolute atomic E-state index is 13.3. The van der Waals surface area contributed by atoms with E-state index in [0.29, 0.717) is 29.6 Å². The van der Waals surface area contributed by atoms with Crippen LogP contribution in [0.3, 0.4) is 0 Å². The monoisotopic (exact) mass is 449 g/mol. The molecule has 3 rings (SSSR count). The summed E-state index contributed by atoms with van der Waals surface area (Å²) in [6, 6.07) is 11.2. The van der Waals surface area contributed by atoms with Gasteiger partial charge in [-0.15, -0.1) is 12.4 Å². The third kappa shape index (κ3) is 5.22. The molecule has 162 valence electrons. The zero-order valence-corrected chi connectivity index (χ0v) is 19.6. The van der Waals surface area contributed by atoms with Gasteiger partial charge in [0.25, 0.3) is 5.91 Å². The Morgan fingerprint density at radius 2 is 1.80 bits per heavy atom. The minimum atomic E-state index is -0.0782. The van der Waals surface area contributed by atoms with Crippen LogP contribution in [0.2, 0.25) is 0 Å². The standard InChI is InChI=1S/C22H27N3O3S.ClH/c1-6-28-17-10-8-16(9-11-17)21(26)25(14-13-24(3)4)22-23-19-18(27-5)12-7-15(2)20(19)29-22;/h7-12H,6,13-14H2,1-5H3;1H. The second-order valence-electron chi connectivity index (χ2n) is 6.98. The molecule has 1 heterocycles. The molecule has 0 aliphatic carbocycles. The fraction of sp³-hybridized carbons (Fsp3) is 0.364. The fourth-order valence-electron chi connectivity index (χ4n) is 2.98. The molecule has 0 bridgehead atoms. The number of ether oxygens (including phenoxy) is 2. The van der Waals surface area contributed by atoms with Crippen LogP contribution < -0.4 is 14.4 Å². The zero-order valence-electron chi connectivity index (χ0n) is 18.0. The van der Waals surface area contributed by atoms with Gasteiger partial charge < -0.3 is 14.4 Å². The molecule has 0 fully saturated rings. The van der Waals surface area contributed by atoms with Gasteiger partial charge in [-0.25, -0.2) is 4.98 Å². The summed E-state index contributed by atoms with van der Waals surface area (Å²) in [6.45, 7) is 5.85. The number of methoxy groups -OCH3 is 1. The summed E-state index contributed by atoms with van der Waals surface area (Å²) >= 11 is 1.52. The molecule has 2 aromatic carbocycles. The van der Waals surface area contributed by atoms with Gasteiger partial charge in [0.05, 0.1) is 18.4 Å². The molecule has 0 saturated heterocycles. The van der Waals surface area contributed by atoms with Crippen molar-refractivity contribution < 1.29 is 14.3 Å². The van der Waals surface area contributed by atoms with Crippen LogP contribution >= 0.6 is 23.7 Å². The van der Waals surface area contributed by atoms with E-state index < -0.39 is 0 Å². The Balaban J connectivity index is 0.00000320. The molecule has 3 aromatic rings. The topological polar surface area (TPSA) is 54.9 Å². The van der Waals surface area contributed by atoms with Crippen molar-refractivity contribution in [2.45, 2.75) is 13.8 Å². The Morgan fingerprint density at radius 3 is 2.40 bits per heavy atom. The van der Waals surface area contributed by atoms with Crippen molar-refractivity contribution in [2.75, 3.05) is 45.8 Å². The number of benzene rings is 2. The van der Waals surface area contributed by atoms with Crippen molar-refractivity contribution in [3.63, 3.8) is 0 Å². The number of thiazole rings is 1. The maximum Gasteiger partial charge on any atom is 0.260 e. The zero-order chi connectivity index (χ0) is 21.0. The molecule has 0 unspecified atom stereocenters. The summed E-state index contributed by atoms with van der Waals surface area (Å²) in [7, 11) is 5.62. The third-order valence-electron chi connectivity index (χ3n) is 4.57. The van der Waals surface area contributed by atoms with Crippen LogP contribution in [0.25, 0.3) is 10.2 Å². The lowest BCUT2D eigenvalue weighted by Crippen LogP contribution is -2.36. The van der Waals surface area contributed by atoms with Crippen LogP contribution in [-0.4, -0.2) is 56.7 Å². The summed E-state index contributed by atoms with van der Waals surface area (Å²) in [5.74, 6) is 1.39. The minimum absolute atomic E-state index is 0. The molecular formula is C22H28ClN3O3S. The van der Waals surface area contributed by atoms with Gasteiger partial charge in [0.1, 0.15) is 17.0 Å². The van der Waals surface area contributed by atoms with Gasteiger partial charge in [-0.05, 0) is 63.8 Å². The van der Waals surface area contributed by atoms with Crippen LogP contribution in [-0.2, 0) is 0 Å². The largest absolute Gasteiger partial charge is 0.494 e. The van der Waals surface area contributed by atoms with Gasteiger partial charge in [-0.3, -0.25) is 9.69 Å². The lowest BCUT2D eigenvalue weighted by atomic mass is 10.2. The van der Waals surface area contributed by atoms with Gasteiger partial charge in [0, 0.05) is 18.7 Å². The minimum Gasteiger partial charge on any atom is -0.494 e. The molecule has 1 aromatic heterocycles. The van der Waals surface area contributed by atoms with Gasteiger partial charge in [0.2, 0.25) is 0 Å². The van der Waals surface area contributed by atoms with E-state index in [1.54, 1.807) is 24.1 Å².